The molecule has 0 bridgehead atoms. The Hall–Kier alpha value is -3.30. The summed E-state index contributed by atoms with van der Waals surface area (Å²) >= 11 is 0. The molecule has 0 fully saturated rings. The first-order chi connectivity index (χ1) is 11.7. The zero-order valence-electron chi connectivity index (χ0n) is 12.7. The van der Waals surface area contributed by atoms with Gasteiger partial charge in [-0.15, -0.1) is 0 Å². The largest absolute Gasteiger partial charge is 0.504 e. The molecular weight excluding hydrogens is 343 g/mol. The predicted molar refractivity (Wildman–Crippen MR) is 84.0 cm³/mol. The van der Waals surface area contributed by atoms with Crippen molar-refractivity contribution in [1.82, 2.24) is 0 Å². The monoisotopic (exact) mass is 355 g/mol. The second kappa shape index (κ2) is 7.07. The maximum absolute atomic E-state index is 12.6. The fourth-order valence-corrected chi connectivity index (χ4v) is 1.93. The molecule has 0 aliphatic rings. The van der Waals surface area contributed by atoms with E-state index in [1.54, 1.807) is 6.07 Å². The molecule has 0 saturated heterocycles. The summed E-state index contributed by atoms with van der Waals surface area (Å²) in [5, 5.41) is 24.5. The van der Waals surface area contributed by atoms with Crippen molar-refractivity contribution in [3.63, 3.8) is 0 Å². The van der Waals surface area contributed by atoms with Gasteiger partial charge in [-0.3, -0.25) is 15.5 Å². The van der Waals surface area contributed by atoms with Crippen LogP contribution in [0.5, 0.6) is 11.5 Å². The molecule has 2 rings (SSSR count). The fraction of sp³-hybridized carbons (Fsp3) is 0.133. The third kappa shape index (κ3) is 4.16. The highest BCUT2D eigenvalue weighted by Crippen LogP contribution is 2.35. The summed E-state index contributed by atoms with van der Waals surface area (Å²) in [5.41, 5.74) is 0.405. The highest BCUT2D eigenvalue weighted by Gasteiger charge is 2.33. The van der Waals surface area contributed by atoms with Crippen LogP contribution in [0.15, 0.2) is 41.5 Å². The van der Waals surface area contributed by atoms with Gasteiger partial charge in [0.15, 0.2) is 11.5 Å². The number of nitro benzene ring substituents is 1. The lowest BCUT2D eigenvalue weighted by Gasteiger charge is -2.08. The van der Waals surface area contributed by atoms with Gasteiger partial charge in [-0.05, 0) is 24.3 Å². The molecule has 2 N–H and O–H groups in total. The van der Waals surface area contributed by atoms with Gasteiger partial charge < -0.3 is 9.84 Å². The summed E-state index contributed by atoms with van der Waals surface area (Å²) in [4.78, 5) is 10.0. The molecule has 10 heteroatoms. The molecule has 0 radical (unpaired) electrons. The summed E-state index contributed by atoms with van der Waals surface area (Å²) in [7, 11) is 1.36. The molecule has 0 aliphatic carbocycles. The molecule has 2 aromatic carbocycles. The number of anilines is 1. The number of nitrogens with zero attached hydrogens (tertiary/aromatic N) is 2. The summed E-state index contributed by atoms with van der Waals surface area (Å²) in [6.45, 7) is 0. The Morgan fingerprint density at radius 3 is 2.64 bits per heavy atom. The van der Waals surface area contributed by atoms with Crippen molar-refractivity contribution in [3.8, 4) is 11.5 Å². The van der Waals surface area contributed by atoms with Crippen molar-refractivity contribution in [2.45, 2.75) is 6.18 Å². The van der Waals surface area contributed by atoms with Gasteiger partial charge in [-0.2, -0.15) is 18.3 Å². The van der Waals surface area contributed by atoms with Gasteiger partial charge >= 0.3 is 6.18 Å². The van der Waals surface area contributed by atoms with E-state index in [2.05, 4.69) is 10.5 Å². The summed E-state index contributed by atoms with van der Waals surface area (Å²) in [5.74, 6) is 0.00179. The van der Waals surface area contributed by atoms with Gasteiger partial charge in [0.05, 0.1) is 23.8 Å². The number of benzene rings is 2. The van der Waals surface area contributed by atoms with E-state index in [0.717, 1.165) is 12.3 Å². The number of rotatable bonds is 5. The van der Waals surface area contributed by atoms with E-state index in [9.17, 15) is 28.4 Å². The number of phenols is 1. The van der Waals surface area contributed by atoms with E-state index in [0.29, 0.717) is 12.1 Å². The molecule has 0 aliphatic heterocycles. The number of aromatic hydroxyl groups is 1. The van der Waals surface area contributed by atoms with E-state index in [-0.39, 0.29) is 22.7 Å². The Morgan fingerprint density at radius 1 is 1.32 bits per heavy atom. The molecule has 0 heterocycles. The molecule has 0 saturated carbocycles. The number of nitrogens with one attached hydrogen (secondary N) is 1. The topological polar surface area (TPSA) is 97.0 Å². The molecule has 25 heavy (non-hydrogen) atoms. The van der Waals surface area contributed by atoms with Crippen LogP contribution >= 0.6 is 0 Å². The number of alkyl halides is 3. The average molecular weight is 355 g/mol. The molecule has 0 unspecified atom stereocenters. The third-order valence-corrected chi connectivity index (χ3v) is 3.16. The zero-order chi connectivity index (χ0) is 18.6. The van der Waals surface area contributed by atoms with Crippen molar-refractivity contribution in [1.29, 1.82) is 0 Å². The summed E-state index contributed by atoms with van der Waals surface area (Å²) < 4.78 is 42.8. The number of ether oxygens (including phenoxy) is 1. The van der Waals surface area contributed by atoms with Gasteiger partial charge in [-0.1, -0.05) is 6.07 Å². The number of methoxy groups -OCH3 is 1. The quantitative estimate of drug-likeness (QED) is 0.483. The minimum atomic E-state index is -4.70. The van der Waals surface area contributed by atoms with Gasteiger partial charge in [-0.25, -0.2) is 0 Å². The van der Waals surface area contributed by atoms with Crippen LogP contribution in [0.4, 0.5) is 24.5 Å². The number of para-hydroxylation sites is 1. The zero-order valence-corrected chi connectivity index (χ0v) is 12.7. The van der Waals surface area contributed by atoms with E-state index in [1.807, 2.05) is 0 Å². The van der Waals surface area contributed by atoms with Crippen molar-refractivity contribution in [3.05, 3.63) is 57.6 Å². The van der Waals surface area contributed by atoms with Crippen LogP contribution in [-0.4, -0.2) is 23.4 Å². The molecule has 132 valence electrons. The van der Waals surface area contributed by atoms with Gasteiger partial charge in [0.2, 0.25) is 0 Å². The minimum absolute atomic E-state index is 0.197. The lowest BCUT2D eigenvalue weighted by molar-refractivity contribution is -0.384. The van der Waals surface area contributed by atoms with E-state index in [4.69, 9.17) is 4.74 Å². The second-order valence-corrected chi connectivity index (χ2v) is 4.75. The van der Waals surface area contributed by atoms with Gasteiger partial charge in [0.25, 0.3) is 5.69 Å². The number of halogens is 3. The van der Waals surface area contributed by atoms with E-state index < -0.39 is 22.4 Å². The SMILES string of the molecule is COc1cccc(C=NNc2ccc(C(F)(F)F)cc2[N+](=O)[O-])c1O. The van der Waals surface area contributed by atoms with E-state index >= 15 is 0 Å². The van der Waals surface area contributed by atoms with Crippen molar-refractivity contribution in [2.75, 3.05) is 12.5 Å². The van der Waals surface area contributed by atoms with Gasteiger partial charge in [0.1, 0.15) is 5.69 Å². The molecule has 0 amide bonds. The Labute approximate surface area is 139 Å². The van der Waals surface area contributed by atoms with Crippen LogP contribution in [-0.2, 0) is 6.18 Å². The summed E-state index contributed by atoms with van der Waals surface area (Å²) in [6, 6.07) is 6.63. The van der Waals surface area contributed by atoms with Crippen LogP contribution < -0.4 is 10.2 Å². The second-order valence-electron chi connectivity index (χ2n) is 4.75. The average Bonchev–Trinajstić information content (AvgIpc) is 2.55. The van der Waals surface area contributed by atoms with Gasteiger partial charge in [0, 0.05) is 11.6 Å². The Morgan fingerprint density at radius 2 is 2.04 bits per heavy atom. The smallest absolute Gasteiger partial charge is 0.416 e. The normalized spacial score (nSPS) is 11.5. The van der Waals surface area contributed by atoms with E-state index in [1.165, 1.54) is 19.2 Å². The number of hydrogen-bond acceptors (Lipinski definition) is 6. The van der Waals surface area contributed by atoms with Crippen molar-refractivity contribution >= 4 is 17.6 Å². The Bertz CT molecular complexity index is 822. The number of hydrazone groups is 1. The predicted octanol–water partition coefficient (Wildman–Crippen LogP) is 3.77. The Balaban J connectivity index is 2.27. The van der Waals surface area contributed by atoms with Crippen LogP contribution in [0, 0.1) is 10.1 Å². The lowest BCUT2D eigenvalue weighted by Crippen LogP contribution is -2.06. The minimum Gasteiger partial charge on any atom is -0.504 e. The number of phenolic OH excluding ortho intramolecular Hbond substituents is 1. The molecule has 0 spiro atoms. The molecule has 7 nitrogen and oxygen atoms in total. The molecule has 0 atom stereocenters. The molecule has 2 aromatic rings. The first-order valence-electron chi connectivity index (χ1n) is 6.74. The molecule has 0 aromatic heterocycles. The summed E-state index contributed by atoms with van der Waals surface area (Å²) in [6.07, 6.45) is -3.54. The molecular formula is C15H12F3N3O4. The fourth-order valence-electron chi connectivity index (χ4n) is 1.93. The highest BCUT2D eigenvalue weighted by atomic mass is 19.4. The highest BCUT2D eigenvalue weighted by molar-refractivity contribution is 5.85. The van der Waals surface area contributed by atoms with Crippen LogP contribution in [0.2, 0.25) is 0 Å². The maximum atomic E-state index is 12.6. The lowest BCUT2D eigenvalue weighted by atomic mass is 10.1. The maximum Gasteiger partial charge on any atom is 0.416 e. The number of nitro groups is 1. The van der Waals surface area contributed by atoms with Crippen molar-refractivity contribution in [2.24, 2.45) is 5.10 Å². The first kappa shape index (κ1) is 18.0. The van der Waals surface area contributed by atoms with Crippen LogP contribution in [0.1, 0.15) is 11.1 Å². The van der Waals surface area contributed by atoms with Crippen LogP contribution in [0.25, 0.3) is 0 Å². The third-order valence-electron chi connectivity index (χ3n) is 3.16. The van der Waals surface area contributed by atoms with Crippen LogP contribution in [0.3, 0.4) is 0 Å². The van der Waals surface area contributed by atoms with Crippen molar-refractivity contribution < 1.29 is 27.9 Å². The standard InChI is InChI=1S/C15H12F3N3O4/c1-25-13-4-2-3-9(14(13)22)8-19-20-11-6-5-10(15(16,17)18)7-12(11)21(23)24/h2-8,20,22H,1H3. The Kier molecular flexibility index (Phi) is 5.11. The number of hydrogen-bond donors (Lipinski definition) is 2. The first-order valence-corrected chi connectivity index (χ1v) is 6.74.